The number of nitrogens with one attached hydrogen (secondary N) is 1. The minimum absolute atomic E-state index is 0.0301. The molecule has 138 valence electrons. The number of ketones is 1. The van der Waals surface area contributed by atoms with Gasteiger partial charge in [-0.1, -0.05) is 42.5 Å². The second-order valence-electron chi connectivity index (χ2n) is 6.44. The predicted molar refractivity (Wildman–Crippen MR) is 107 cm³/mol. The van der Waals surface area contributed by atoms with Crippen LogP contribution in [0.15, 0.2) is 59.5 Å². The van der Waals surface area contributed by atoms with Gasteiger partial charge in [-0.05, 0) is 49.9 Å². The van der Waals surface area contributed by atoms with Crippen molar-refractivity contribution in [2.75, 3.05) is 19.8 Å². The third kappa shape index (κ3) is 6.65. The Morgan fingerprint density at radius 2 is 1.69 bits per heavy atom. The molecular formula is C21H26N2O2S. The van der Waals surface area contributed by atoms with Gasteiger partial charge < -0.3 is 5.32 Å². The fraction of sp³-hybridized carbons (Fsp3) is 0.333. The SMILES string of the molecule is CSc1ccc(CN(C)CC(=O)N[C@H](Cc2ccccc2)C(C)=O)cc1. The fourth-order valence-corrected chi connectivity index (χ4v) is 3.14. The van der Waals surface area contributed by atoms with Crippen molar-refractivity contribution in [3.63, 3.8) is 0 Å². The first kappa shape index (κ1) is 20.2. The Morgan fingerprint density at radius 3 is 2.27 bits per heavy atom. The molecule has 2 aromatic carbocycles. The number of amides is 1. The molecule has 4 nitrogen and oxygen atoms in total. The number of thioether (sulfide) groups is 1. The van der Waals surface area contributed by atoms with Crippen molar-refractivity contribution < 1.29 is 9.59 Å². The summed E-state index contributed by atoms with van der Waals surface area (Å²) in [4.78, 5) is 27.4. The number of hydrogen-bond acceptors (Lipinski definition) is 4. The quantitative estimate of drug-likeness (QED) is 0.689. The molecule has 1 atom stereocenters. The fourth-order valence-electron chi connectivity index (χ4n) is 2.73. The first-order valence-corrected chi connectivity index (χ1v) is 9.85. The number of carbonyl (C=O) groups is 2. The number of hydrogen-bond donors (Lipinski definition) is 1. The highest BCUT2D eigenvalue weighted by molar-refractivity contribution is 7.98. The van der Waals surface area contributed by atoms with Crippen LogP contribution in [0.4, 0.5) is 0 Å². The van der Waals surface area contributed by atoms with E-state index in [0.717, 1.165) is 11.1 Å². The van der Waals surface area contributed by atoms with Gasteiger partial charge in [-0.25, -0.2) is 0 Å². The highest BCUT2D eigenvalue weighted by Crippen LogP contribution is 2.15. The van der Waals surface area contributed by atoms with Crippen LogP contribution in [0.3, 0.4) is 0 Å². The maximum Gasteiger partial charge on any atom is 0.234 e. The smallest absolute Gasteiger partial charge is 0.234 e. The highest BCUT2D eigenvalue weighted by Gasteiger charge is 2.18. The first-order valence-electron chi connectivity index (χ1n) is 8.63. The molecule has 0 heterocycles. The van der Waals surface area contributed by atoms with E-state index in [4.69, 9.17) is 0 Å². The lowest BCUT2D eigenvalue weighted by Gasteiger charge is -2.20. The Kier molecular flexibility index (Phi) is 7.88. The zero-order valence-electron chi connectivity index (χ0n) is 15.6. The Hall–Kier alpha value is -2.11. The minimum atomic E-state index is -0.487. The molecular weight excluding hydrogens is 344 g/mol. The summed E-state index contributed by atoms with van der Waals surface area (Å²) >= 11 is 1.71. The first-order chi connectivity index (χ1) is 12.5. The van der Waals surface area contributed by atoms with Crippen LogP contribution in [-0.2, 0) is 22.6 Å². The van der Waals surface area contributed by atoms with Gasteiger partial charge in [0.15, 0.2) is 5.78 Å². The highest BCUT2D eigenvalue weighted by atomic mass is 32.2. The van der Waals surface area contributed by atoms with Crippen molar-refractivity contribution in [2.24, 2.45) is 0 Å². The summed E-state index contributed by atoms with van der Waals surface area (Å²) in [6, 6.07) is 17.6. The van der Waals surface area contributed by atoms with Gasteiger partial charge in [0.2, 0.25) is 5.91 Å². The molecule has 2 rings (SSSR count). The molecule has 0 saturated carbocycles. The summed E-state index contributed by atoms with van der Waals surface area (Å²) in [7, 11) is 1.90. The summed E-state index contributed by atoms with van der Waals surface area (Å²) in [5.74, 6) is -0.165. The lowest BCUT2D eigenvalue weighted by atomic mass is 10.0. The van der Waals surface area contributed by atoms with Crippen molar-refractivity contribution >= 4 is 23.5 Å². The second kappa shape index (κ2) is 10.1. The minimum Gasteiger partial charge on any atom is -0.345 e. The van der Waals surface area contributed by atoms with Gasteiger partial charge in [0, 0.05) is 11.4 Å². The summed E-state index contributed by atoms with van der Waals surface area (Å²) in [5.41, 5.74) is 2.20. The maximum absolute atomic E-state index is 12.3. The van der Waals surface area contributed by atoms with E-state index in [-0.39, 0.29) is 18.2 Å². The Bertz CT molecular complexity index is 717. The molecule has 0 aromatic heterocycles. The van der Waals surface area contributed by atoms with E-state index in [0.29, 0.717) is 13.0 Å². The molecule has 0 saturated heterocycles. The van der Waals surface area contributed by atoms with E-state index >= 15 is 0 Å². The van der Waals surface area contributed by atoms with Crippen molar-refractivity contribution in [3.05, 3.63) is 65.7 Å². The molecule has 2 aromatic rings. The lowest BCUT2D eigenvalue weighted by molar-refractivity contribution is -0.127. The van der Waals surface area contributed by atoms with Crippen LogP contribution in [0.2, 0.25) is 0 Å². The van der Waals surface area contributed by atoms with Crippen LogP contribution < -0.4 is 5.32 Å². The summed E-state index contributed by atoms with van der Waals surface area (Å²) in [6.45, 7) is 2.46. The second-order valence-corrected chi connectivity index (χ2v) is 7.32. The van der Waals surface area contributed by atoms with E-state index in [1.54, 1.807) is 11.8 Å². The molecule has 26 heavy (non-hydrogen) atoms. The predicted octanol–water partition coefficient (Wildman–Crippen LogP) is 3.16. The van der Waals surface area contributed by atoms with Crippen LogP contribution in [-0.4, -0.2) is 42.5 Å². The molecule has 1 N–H and O–H groups in total. The van der Waals surface area contributed by atoms with Crippen molar-refractivity contribution in [1.29, 1.82) is 0 Å². The van der Waals surface area contributed by atoms with E-state index in [1.165, 1.54) is 11.8 Å². The van der Waals surface area contributed by atoms with Gasteiger partial charge in [0.25, 0.3) is 0 Å². The standard InChI is InChI=1S/C21H26N2O2S/c1-16(24)20(13-17-7-5-4-6-8-17)22-21(25)15-23(2)14-18-9-11-19(26-3)12-10-18/h4-12,20H,13-15H2,1-3H3,(H,22,25)/t20-/m1/s1. The molecule has 0 unspecified atom stereocenters. The van der Waals surface area contributed by atoms with Crippen LogP contribution in [0.25, 0.3) is 0 Å². The van der Waals surface area contributed by atoms with Crippen LogP contribution in [0.1, 0.15) is 18.1 Å². The molecule has 1 amide bonds. The topological polar surface area (TPSA) is 49.4 Å². The average Bonchev–Trinajstić information content (AvgIpc) is 2.62. The number of rotatable bonds is 9. The zero-order chi connectivity index (χ0) is 18.9. The Labute approximate surface area is 160 Å². The van der Waals surface area contributed by atoms with Crippen LogP contribution >= 0.6 is 11.8 Å². The Balaban J connectivity index is 1.87. The van der Waals surface area contributed by atoms with Gasteiger partial charge in [0.1, 0.15) is 0 Å². The van der Waals surface area contributed by atoms with E-state index in [2.05, 4.69) is 29.6 Å². The normalized spacial score (nSPS) is 12.0. The third-order valence-corrected chi connectivity index (χ3v) is 4.88. The molecule has 0 spiro atoms. The molecule has 0 radical (unpaired) electrons. The van der Waals surface area contributed by atoms with Crippen molar-refractivity contribution in [2.45, 2.75) is 30.8 Å². The van der Waals surface area contributed by atoms with Gasteiger partial charge in [-0.15, -0.1) is 11.8 Å². The van der Waals surface area contributed by atoms with Gasteiger partial charge in [0.05, 0.1) is 12.6 Å². The third-order valence-electron chi connectivity index (χ3n) is 4.13. The van der Waals surface area contributed by atoms with Crippen molar-refractivity contribution in [1.82, 2.24) is 10.2 Å². The number of Topliss-reactive ketones (excluding diaryl/α,β-unsaturated/α-hetero) is 1. The van der Waals surface area contributed by atoms with E-state index in [9.17, 15) is 9.59 Å². The van der Waals surface area contributed by atoms with Gasteiger partial charge in [-0.2, -0.15) is 0 Å². The Morgan fingerprint density at radius 1 is 1.04 bits per heavy atom. The number of benzene rings is 2. The maximum atomic E-state index is 12.3. The van der Waals surface area contributed by atoms with E-state index < -0.39 is 6.04 Å². The number of carbonyl (C=O) groups excluding carboxylic acids is 2. The molecule has 0 bridgehead atoms. The van der Waals surface area contributed by atoms with Crippen LogP contribution in [0, 0.1) is 0 Å². The number of likely N-dealkylation sites (N-methyl/N-ethyl adjacent to an activating group) is 1. The average molecular weight is 371 g/mol. The summed E-state index contributed by atoms with van der Waals surface area (Å²) in [5, 5.41) is 2.87. The lowest BCUT2D eigenvalue weighted by Crippen LogP contribution is -2.45. The zero-order valence-corrected chi connectivity index (χ0v) is 16.4. The molecule has 0 aliphatic heterocycles. The largest absolute Gasteiger partial charge is 0.345 e. The number of nitrogens with zero attached hydrogens (tertiary/aromatic N) is 1. The summed E-state index contributed by atoms with van der Waals surface area (Å²) in [6.07, 6.45) is 2.56. The molecule has 0 aliphatic carbocycles. The monoisotopic (exact) mass is 370 g/mol. The summed E-state index contributed by atoms with van der Waals surface area (Å²) < 4.78 is 0. The van der Waals surface area contributed by atoms with Crippen LogP contribution in [0.5, 0.6) is 0 Å². The van der Waals surface area contributed by atoms with Gasteiger partial charge in [-0.3, -0.25) is 14.5 Å². The van der Waals surface area contributed by atoms with Crippen molar-refractivity contribution in [3.8, 4) is 0 Å². The molecule has 0 aliphatic rings. The van der Waals surface area contributed by atoms with E-state index in [1.807, 2.05) is 48.5 Å². The molecule has 5 heteroatoms. The van der Waals surface area contributed by atoms with Gasteiger partial charge >= 0.3 is 0 Å². The molecule has 0 fully saturated rings.